The second kappa shape index (κ2) is 7.36. The lowest BCUT2D eigenvalue weighted by Gasteiger charge is -2.32. The maximum atomic E-state index is 9.96. The van der Waals surface area contributed by atoms with E-state index < -0.39 is 22.9 Å². The standard InChI is InChI=1S/C14H34O3Si2/c1-9-14(2,3)13(15)16-11-10-12-19(7,8)17-18(4,5)6/h13,15H,9-12H2,1-8H3. The van der Waals surface area contributed by atoms with E-state index in [0.717, 1.165) is 18.9 Å². The van der Waals surface area contributed by atoms with Gasteiger partial charge in [-0.25, -0.2) is 0 Å². The number of ether oxygens (including phenoxy) is 1. The van der Waals surface area contributed by atoms with Gasteiger partial charge in [0.15, 0.2) is 22.9 Å². The fourth-order valence-electron chi connectivity index (χ4n) is 1.97. The van der Waals surface area contributed by atoms with Gasteiger partial charge in [-0.3, -0.25) is 0 Å². The lowest BCUT2D eigenvalue weighted by atomic mass is 9.89. The van der Waals surface area contributed by atoms with Crippen LogP contribution in [0.4, 0.5) is 0 Å². The summed E-state index contributed by atoms with van der Waals surface area (Å²) in [5.74, 6) is 0. The van der Waals surface area contributed by atoms with Gasteiger partial charge in [-0.1, -0.05) is 20.8 Å². The van der Waals surface area contributed by atoms with Crippen LogP contribution < -0.4 is 0 Å². The molecule has 0 bridgehead atoms. The number of rotatable bonds is 9. The highest BCUT2D eigenvalue weighted by molar-refractivity contribution is 6.84. The van der Waals surface area contributed by atoms with Crippen molar-refractivity contribution in [3.8, 4) is 0 Å². The second-order valence-electron chi connectivity index (χ2n) is 7.64. The van der Waals surface area contributed by atoms with Gasteiger partial charge in [0.25, 0.3) is 0 Å². The smallest absolute Gasteiger partial charge is 0.173 e. The summed E-state index contributed by atoms with van der Waals surface area (Å²) in [7, 11) is -3.00. The molecule has 116 valence electrons. The van der Waals surface area contributed by atoms with Crippen LogP contribution in [0.5, 0.6) is 0 Å². The van der Waals surface area contributed by atoms with Crippen LogP contribution in [0.1, 0.15) is 33.6 Å². The Morgan fingerprint density at radius 3 is 2.05 bits per heavy atom. The Labute approximate surface area is 122 Å². The molecule has 5 heteroatoms. The third kappa shape index (κ3) is 8.97. The Balaban J connectivity index is 3.98. The van der Waals surface area contributed by atoms with Gasteiger partial charge in [0.05, 0.1) is 0 Å². The van der Waals surface area contributed by atoms with Crippen LogP contribution in [0.2, 0.25) is 38.8 Å². The van der Waals surface area contributed by atoms with Crippen molar-refractivity contribution in [3.63, 3.8) is 0 Å². The van der Waals surface area contributed by atoms with Crippen molar-refractivity contribution in [1.29, 1.82) is 0 Å². The number of aliphatic hydroxyl groups excluding tert-OH is 1. The van der Waals surface area contributed by atoms with Gasteiger partial charge in [0, 0.05) is 12.0 Å². The van der Waals surface area contributed by atoms with Crippen LogP contribution in [-0.4, -0.2) is 34.6 Å². The quantitative estimate of drug-likeness (QED) is 0.394. The molecule has 3 nitrogen and oxygen atoms in total. The summed E-state index contributed by atoms with van der Waals surface area (Å²) < 4.78 is 11.8. The molecule has 1 atom stereocenters. The lowest BCUT2D eigenvalue weighted by Crippen LogP contribution is -2.42. The highest BCUT2D eigenvalue weighted by Crippen LogP contribution is 2.26. The minimum atomic E-state index is -1.56. The molecule has 0 rings (SSSR count). The largest absolute Gasteiger partial charge is 0.456 e. The van der Waals surface area contributed by atoms with Crippen molar-refractivity contribution in [3.05, 3.63) is 0 Å². The van der Waals surface area contributed by atoms with Crippen molar-refractivity contribution in [1.82, 2.24) is 0 Å². The van der Waals surface area contributed by atoms with E-state index >= 15 is 0 Å². The highest BCUT2D eigenvalue weighted by atomic mass is 28.4. The number of hydrogen-bond acceptors (Lipinski definition) is 3. The van der Waals surface area contributed by atoms with E-state index in [4.69, 9.17) is 8.85 Å². The highest BCUT2D eigenvalue weighted by Gasteiger charge is 2.30. The molecule has 0 amide bonds. The molecule has 0 saturated heterocycles. The zero-order valence-electron chi connectivity index (χ0n) is 14.2. The molecule has 0 radical (unpaired) electrons. The summed E-state index contributed by atoms with van der Waals surface area (Å²) >= 11 is 0. The average molecular weight is 307 g/mol. The zero-order chi connectivity index (χ0) is 15.3. The molecular formula is C14H34O3Si2. The Morgan fingerprint density at radius 2 is 1.63 bits per heavy atom. The first-order valence-corrected chi connectivity index (χ1v) is 13.9. The topological polar surface area (TPSA) is 38.7 Å². The molecule has 0 aromatic carbocycles. The molecule has 0 aliphatic heterocycles. The molecule has 0 spiro atoms. The molecule has 0 saturated carbocycles. The first-order chi connectivity index (χ1) is 8.40. The molecule has 0 heterocycles. The molecule has 0 fully saturated rings. The van der Waals surface area contributed by atoms with E-state index in [2.05, 4.69) is 39.7 Å². The molecule has 0 aromatic rings. The van der Waals surface area contributed by atoms with Gasteiger partial charge >= 0.3 is 0 Å². The lowest BCUT2D eigenvalue weighted by molar-refractivity contribution is -0.165. The number of aliphatic hydroxyl groups is 1. The molecule has 0 aliphatic rings. The molecule has 1 N–H and O–H groups in total. The summed E-state index contributed by atoms with van der Waals surface area (Å²) in [6, 6.07) is 1.09. The van der Waals surface area contributed by atoms with Gasteiger partial charge < -0.3 is 14.0 Å². The first-order valence-electron chi connectivity index (χ1n) is 7.39. The van der Waals surface area contributed by atoms with Gasteiger partial charge in [-0.05, 0) is 51.6 Å². The SMILES string of the molecule is CCC(C)(C)C(O)OCCC[Si](C)(C)O[Si](C)(C)C. The van der Waals surface area contributed by atoms with Crippen LogP contribution in [0.25, 0.3) is 0 Å². The fraction of sp³-hybridized carbons (Fsp3) is 1.00. The summed E-state index contributed by atoms with van der Waals surface area (Å²) in [5.41, 5.74) is -0.165. The minimum absolute atomic E-state index is 0.165. The summed E-state index contributed by atoms with van der Waals surface area (Å²) in [4.78, 5) is 0. The summed E-state index contributed by atoms with van der Waals surface area (Å²) in [6.45, 7) is 18.0. The van der Waals surface area contributed by atoms with E-state index in [1.165, 1.54) is 0 Å². The van der Waals surface area contributed by atoms with Crippen molar-refractivity contribution in [2.24, 2.45) is 5.41 Å². The number of hydrogen-bond donors (Lipinski definition) is 1. The van der Waals surface area contributed by atoms with Gasteiger partial charge in [-0.2, -0.15) is 0 Å². The first kappa shape index (κ1) is 19.3. The van der Waals surface area contributed by atoms with Crippen LogP contribution in [-0.2, 0) is 8.85 Å². The normalized spacial score (nSPS) is 15.6. The second-order valence-corrected chi connectivity index (χ2v) is 16.7. The predicted octanol–water partition coefficient (Wildman–Crippen LogP) is 4.20. The van der Waals surface area contributed by atoms with E-state index in [9.17, 15) is 5.11 Å². The summed E-state index contributed by atoms with van der Waals surface area (Å²) in [5, 5.41) is 9.96. The van der Waals surface area contributed by atoms with E-state index in [-0.39, 0.29) is 5.41 Å². The van der Waals surface area contributed by atoms with Crippen molar-refractivity contribution in [2.75, 3.05) is 6.61 Å². The van der Waals surface area contributed by atoms with Gasteiger partial charge in [0.1, 0.15) is 0 Å². The monoisotopic (exact) mass is 306 g/mol. The minimum Gasteiger partial charge on any atom is -0.456 e. The maximum Gasteiger partial charge on any atom is 0.173 e. The summed E-state index contributed by atoms with van der Waals surface area (Å²) in [6.07, 6.45) is 1.22. The van der Waals surface area contributed by atoms with Crippen LogP contribution >= 0.6 is 0 Å². The van der Waals surface area contributed by atoms with Crippen molar-refractivity contribution < 1.29 is 14.0 Å². The Morgan fingerprint density at radius 1 is 1.11 bits per heavy atom. The molecular weight excluding hydrogens is 272 g/mol. The third-order valence-corrected chi connectivity index (χ3v) is 9.58. The van der Waals surface area contributed by atoms with Crippen LogP contribution in [0, 0.1) is 5.41 Å². The van der Waals surface area contributed by atoms with Crippen LogP contribution in [0.15, 0.2) is 0 Å². The Hall–Kier alpha value is 0.314. The molecule has 0 aliphatic carbocycles. The van der Waals surface area contributed by atoms with Gasteiger partial charge in [0.2, 0.25) is 0 Å². The Kier molecular flexibility index (Phi) is 7.48. The maximum absolute atomic E-state index is 9.96. The van der Waals surface area contributed by atoms with Crippen molar-refractivity contribution >= 4 is 16.6 Å². The van der Waals surface area contributed by atoms with Gasteiger partial charge in [-0.15, -0.1) is 0 Å². The van der Waals surface area contributed by atoms with E-state index in [0.29, 0.717) is 6.61 Å². The third-order valence-electron chi connectivity index (χ3n) is 3.36. The van der Waals surface area contributed by atoms with Crippen molar-refractivity contribution in [2.45, 2.75) is 78.7 Å². The fourth-order valence-corrected chi connectivity index (χ4v) is 10.0. The average Bonchev–Trinajstić information content (AvgIpc) is 2.20. The predicted molar refractivity (Wildman–Crippen MR) is 87.4 cm³/mol. The molecule has 0 aromatic heterocycles. The molecule has 1 unspecified atom stereocenters. The molecule has 19 heavy (non-hydrogen) atoms. The van der Waals surface area contributed by atoms with Crippen LogP contribution in [0.3, 0.4) is 0 Å². The Bertz CT molecular complexity index is 260. The zero-order valence-corrected chi connectivity index (χ0v) is 16.2. The van der Waals surface area contributed by atoms with E-state index in [1.54, 1.807) is 0 Å². The van der Waals surface area contributed by atoms with E-state index in [1.807, 2.05) is 13.8 Å².